The summed E-state index contributed by atoms with van der Waals surface area (Å²) in [6.45, 7) is 0. The van der Waals surface area contributed by atoms with E-state index < -0.39 is 10.8 Å². The minimum atomic E-state index is -1.31. The second-order valence-electron chi connectivity index (χ2n) is 3.82. The maximum absolute atomic E-state index is 12.1. The number of halogens is 1. The predicted octanol–water partition coefficient (Wildman–Crippen LogP) is 4.59. The molecule has 0 bridgehead atoms. The average Bonchev–Trinajstić information content (AvgIpc) is 2.48. The van der Waals surface area contributed by atoms with E-state index in [1.807, 2.05) is 54.6 Å². The highest BCUT2D eigenvalue weighted by Crippen LogP contribution is 2.17. The molecule has 0 aliphatic heterocycles. The minimum absolute atomic E-state index is 0.318. The number of hydrogen-bond acceptors (Lipinski definition) is 1. The summed E-state index contributed by atoms with van der Waals surface area (Å²) in [4.78, 5) is 0.705. The largest absolute Gasteiger partial charge is 0.248 e. The first kappa shape index (κ1) is 13.8. The van der Waals surface area contributed by atoms with Gasteiger partial charge in [-0.2, -0.15) is 0 Å². The molecule has 0 N–H and O–H groups in total. The van der Waals surface area contributed by atoms with Gasteiger partial charge in [0.1, 0.15) is 4.36 Å². The van der Waals surface area contributed by atoms with Gasteiger partial charge in [0, 0.05) is 4.90 Å². The first-order valence-electron chi connectivity index (χ1n) is 5.83. The molecule has 0 aliphatic rings. The van der Waals surface area contributed by atoms with Crippen LogP contribution in [0.1, 0.15) is 5.56 Å². The van der Waals surface area contributed by atoms with Gasteiger partial charge in [-0.3, -0.25) is 0 Å². The van der Waals surface area contributed by atoms with Crippen LogP contribution in [0, 0.1) is 0 Å². The van der Waals surface area contributed by atoms with E-state index in [0.29, 0.717) is 9.26 Å². The molecule has 0 fully saturated rings. The molecule has 0 heterocycles. The third-order valence-electron chi connectivity index (χ3n) is 2.45. The summed E-state index contributed by atoms with van der Waals surface area (Å²) in [6, 6.07) is 19.0. The fourth-order valence-corrected chi connectivity index (χ4v) is 2.69. The number of hydrogen-bond donors (Lipinski definition) is 0. The Bertz CT molecular complexity index is 603. The van der Waals surface area contributed by atoms with Crippen LogP contribution in [0.4, 0.5) is 0 Å². The first-order valence-corrected chi connectivity index (χ1v) is 7.36. The fourth-order valence-electron chi connectivity index (χ4n) is 1.52. The van der Waals surface area contributed by atoms with Crippen molar-refractivity contribution in [1.29, 1.82) is 0 Å². The normalized spacial score (nSPS) is 13.6. The van der Waals surface area contributed by atoms with Gasteiger partial charge in [-0.1, -0.05) is 72.3 Å². The van der Waals surface area contributed by atoms with Crippen LogP contribution in [0.2, 0.25) is 0 Å². The number of rotatable bonds is 4. The van der Waals surface area contributed by atoms with Gasteiger partial charge in [0.25, 0.3) is 0 Å². The molecule has 0 unspecified atom stereocenters. The number of benzene rings is 2. The van der Waals surface area contributed by atoms with Gasteiger partial charge in [-0.15, -0.1) is 0 Å². The minimum Gasteiger partial charge on any atom is -0.248 e. The third kappa shape index (κ3) is 4.19. The van der Waals surface area contributed by atoms with Crippen molar-refractivity contribution < 1.29 is 4.21 Å². The van der Waals surface area contributed by atoms with Crippen LogP contribution in [0.15, 0.2) is 82.1 Å². The monoisotopic (exact) mass is 288 g/mol. The highest BCUT2D eigenvalue weighted by Gasteiger charge is 2.05. The summed E-state index contributed by atoms with van der Waals surface area (Å²) in [6.07, 6.45) is 5.39. The zero-order chi connectivity index (χ0) is 13.5. The van der Waals surface area contributed by atoms with Gasteiger partial charge in [0.05, 0.1) is 10.8 Å². The van der Waals surface area contributed by atoms with Crippen molar-refractivity contribution in [3.63, 3.8) is 0 Å². The van der Waals surface area contributed by atoms with E-state index >= 15 is 0 Å². The van der Waals surface area contributed by atoms with Crippen molar-refractivity contribution in [1.82, 2.24) is 0 Å². The van der Waals surface area contributed by atoms with Crippen LogP contribution in [0.5, 0.6) is 0 Å². The van der Waals surface area contributed by atoms with Gasteiger partial charge in [0.2, 0.25) is 0 Å². The summed E-state index contributed by atoms with van der Waals surface area (Å²) in [5.74, 6) is 0. The lowest BCUT2D eigenvalue weighted by molar-refractivity contribution is 0.688. The van der Waals surface area contributed by atoms with Crippen LogP contribution in [0.25, 0.3) is 6.08 Å². The molecular formula is C16H13ClOS. The summed E-state index contributed by atoms with van der Waals surface area (Å²) < 4.78 is 12.4. The molecule has 0 aliphatic carbocycles. The van der Waals surface area contributed by atoms with E-state index in [1.165, 1.54) is 0 Å². The Balaban J connectivity index is 2.08. The standard InChI is InChI=1S/C16H13ClOS/c17-16(19(18)15-11-5-2-6-12-15)13-7-10-14-8-3-1-4-9-14/h1-13H/b10-7+,16-13+/t19-/m0/s1. The van der Waals surface area contributed by atoms with Gasteiger partial charge in [-0.25, -0.2) is 4.21 Å². The molecule has 0 aromatic heterocycles. The topological polar surface area (TPSA) is 17.1 Å². The van der Waals surface area contributed by atoms with E-state index in [1.54, 1.807) is 24.3 Å². The van der Waals surface area contributed by atoms with Gasteiger partial charge in [0.15, 0.2) is 0 Å². The lowest BCUT2D eigenvalue weighted by atomic mass is 10.2. The molecular weight excluding hydrogens is 276 g/mol. The van der Waals surface area contributed by atoms with Gasteiger partial charge in [-0.05, 0) is 23.8 Å². The molecule has 1 atom stereocenters. The fraction of sp³-hybridized carbons (Fsp3) is 0. The van der Waals surface area contributed by atoms with Gasteiger partial charge >= 0.3 is 0 Å². The van der Waals surface area contributed by atoms with Crippen LogP contribution in [-0.4, -0.2) is 4.21 Å². The van der Waals surface area contributed by atoms with Crippen molar-refractivity contribution in [2.24, 2.45) is 0 Å². The summed E-state index contributed by atoms with van der Waals surface area (Å²) >= 11 is 6.04. The molecule has 0 saturated heterocycles. The Hall–Kier alpha value is -1.64. The Kier molecular flexibility index (Phi) is 5.13. The summed E-state index contributed by atoms with van der Waals surface area (Å²) in [7, 11) is -1.31. The average molecular weight is 289 g/mol. The second-order valence-corrected chi connectivity index (χ2v) is 5.90. The molecule has 0 saturated carbocycles. The van der Waals surface area contributed by atoms with E-state index in [-0.39, 0.29) is 0 Å². The van der Waals surface area contributed by atoms with Gasteiger partial charge < -0.3 is 0 Å². The van der Waals surface area contributed by atoms with Crippen molar-refractivity contribution >= 4 is 28.5 Å². The molecule has 2 aromatic rings. The van der Waals surface area contributed by atoms with E-state index in [2.05, 4.69) is 0 Å². The lowest BCUT2D eigenvalue weighted by Crippen LogP contribution is -1.89. The van der Waals surface area contributed by atoms with Crippen LogP contribution in [0.3, 0.4) is 0 Å². The maximum Gasteiger partial charge on any atom is 0.109 e. The molecule has 96 valence electrons. The third-order valence-corrected chi connectivity index (χ3v) is 4.19. The SMILES string of the molecule is O=[S@](/C(Cl)=C/C=C/c1ccccc1)c1ccccc1. The Morgan fingerprint density at radius 1 is 0.947 bits per heavy atom. The Morgan fingerprint density at radius 2 is 1.53 bits per heavy atom. The van der Waals surface area contributed by atoms with Crippen LogP contribution < -0.4 is 0 Å². The van der Waals surface area contributed by atoms with E-state index in [4.69, 9.17) is 11.6 Å². The zero-order valence-corrected chi connectivity index (χ0v) is 11.8. The Morgan fingerprint density at radius 3 is 2.16 bits per heavy atom. The summed E-state index contributed by atoms with van der Waals surface area (Å²) in [5, 5.41) is 0. The molecule has 0 amide bonds. The molecule has 2 aromatic carbocycles. The van der Waals surface area contributed by atoms with Crippen molar-refractivity contribution in [2.75, 3.05) is 0 Å². The van der Waals surface area contributed by atoms with E-state index in [0.717, 1.165) is 5.56 Å². The van der Waals surface area contributed by atoms with Crippen LogP contribution >= 0.6 is 11.6 Å². The lowest BCUT2D eigenvalue weighted by Gasteiger charge is -1.98. The molecule has 1 nitrogen and oxygen atoms in total. The maximum atomic E-state index is 12.1. The molecule has 0 radical (unpaired) electrons. The molecule has 2 rings (SSSR count). The number of allylic oxidation sites excluding steroid dienone is 2. The first-order chi connectivity index (χ1) is 9.27. The Labute approximate surface area is 120 Å². The molecule has 0 spiro atoms. The molecule has 3 heteroatoms. The quantitative estimate of drug-likeness (QED) is 0.752. The van der Waals surface area contributed by atoms with Crippen molar-refractivity contribution in [3.05, 3.63) is 82.7 Å². The zero-order valence-electron chi connectivity index (χ0n) is 10.2. The molecule has 19 heavy (non-hydrogen) atoms. The smallest absolute Gasteiger partial charge is 0.109 e. The van der Waals surface area contributed by atoms with Crippen LogP contribution in [-0.2, 0) is 10.8 Å². The highest BCUT2D eigenvalue weighted by atomic mass is 35.5. The highest BCUT2D eigenvalue weighted by molar-refractivity contribution is 7.90. The van der Waals surface area contributed by atoms with E-state index in [9.17, 15) is 4.21 Å². The second kappa shape index (κ2) is 7.07. The van der Waals surface area contributed by atoms with Crippen molar-refractivity contribution in [3.8, 4) is 0 Å². The van der Waals surface area contributed by atoms with Crippen molar-refractivity contribution in [2.45, 2.75) is 4.90 Å². The predicted molar refractivity (Wildman–Crippen MR) is 82.3 cm³/mol. The summed E-state index contributed by atoms with van der Waals surface area (Å²) in [5.41, 5.74) is 1.08.